The van der Waals surface area contributed by atoms with Gasteiger partial charge in [-0.15, -0.1) is 0 Å². The van der Waals surface area contributed by atoms with Gasteiger partial charge < -0.3 is 9.47 Å². The van der Waals surface area contributed by atoms with E-state index in [9.17, 15) is 9.59 Å². The molecular formula is C17H19NO4. The highest BCUT2D eigenvalue weighted by molar-refractivity contribution is 6.21. The third-order valence-electron chi connectivity index (χ3n) is 4.87. The first kappa shape index (κ1) is 13.9. The molecule has 2 heterocycles. The smallest absolute Gasteiger partial charge is 0.261 e. The number of carbonyl (C=O) groups is 2. The summed E-state index contributed by atoms with van der Waals surface area (Å²) < 4.78 is 11.9. The molecule has 2 amide bonds. The van der Waals surface area contributed by atoms with Gasteiger partial charge in [-0.25, -0.2) is 0 Å². The van der Waals surface area contributed by atoms with Crippen molar-refractivity contribution in [3.63, 3.8) is 0 Å². The Morgan fingerprint density at radius 1 is 1.05 bits per heavy atom. The average molecular weight is 301 g/mol. The number of fused-ring (bicyclic) bond motifs is 2. The fourth-order valence-corrected chi connectivity index (χ4v) is 3.97. The van der Waals surface area contributed by atoms with E-state index in [1.54, 1.807) is 24.3 Å². The topological polar surface area (TPSA) is 55.8 Å². The van der Waals surface area contributed by atoms with Crippen LogP contribution in [0.5, 0.6) is 0 Å². The van der Waals surface area contributed by atoms with Crippen molar-refractivity contribution in [1.82, 2.24) is 4.90 Å². The quantitative estimate of drug-likeness (QED) is 0.746. The highest BCUT2D eigenvalue weighted by Crippen LogP contribution is 2.44. The van der Waals surface area contributed by atoms with Crippen molar-refractivity contribution in [2.24, 2.45) is 5.92 Å². The Hall–Kier alpha value is -1.72. The number of rotatable bonds is 1. The fraction of sp³-hybridized carbons (Fsp3) is 0.529. The summed E-state index contributed by atoms with van der Waals surface area (Å²) in [7, 11) is 0. The molecule has 5 nitrogen and oxygen atoms in total. The van der Waals surface area contributed by atoms with Gasteiger partial charge in [-0.1, -0.05) is 19.1 Å². The maximum Gasteiger partial charge on any atom is 0.261 e. The lowest BCUT2D eigenvalue weighted by atomic mass is 10.1. The van der Waals surface area contributed by atoms with Crippen molar-refractivity contribution in [3.05, 3.63) is 35.4 Å². The van der Waals surface area contributed by atoms with E-state index in [-0.39, 0.29) is 36.0 Å². The summed E-state index contributed by atoms with van der Waals surface area (Å²) in [5.41, 5.74) is 0.976. The first-order valence-electron chi connectivity index (χ1n) is 7.71. The van der Waals surface area contributed by atoms with Gasteiger partial charge in [0.25, 0.3) is 11.8 Å². The number of benzene rings is 1. The van der Waals surface area contributed by atoms with E-state index in [4.69, 9.17) is 9.47 Å². The molecule has 2 aliphatic heterocycles. The first-order valence-corrected chi connectivity index (χ1v) is 7.71. The van der Waals surface area contributed by atoms with Crippen molar-refractivity contribution >= 4 is 11.8 Å². The Morgan fingerprint density at radius 3 is 2.18 bits per heavy atom. The molecule has 1 aliphatic carbocycles. The lowest BCUT2D eigenvalue weighted by Crippen LogP contribution is -2.46. The predicted molar refractivity (Wildman–Crippen MR) is 78.3 cm³/mol. The molecule has 3 aliphatic rings. The SMILES string of the molecule is CC1CC(N2C(=O)c3ccccc3C2=O)C2OC(C)(C)OC12. The molecular weight excluding hydrogens is 282 g/mol. The van der Waals surface area contributed by atoms with Gasteiger partial charge >= 0.3 is 0 Å². The average Bonchev–Trinajstić information content (AvgIpc) is 3.02. The second-order valence-electron chi connectivity index (χ2n) is 6.87. The number of carbonyl (C=O) groups excluding carboxylic acids is 2. The molecule has 4 unspecified atom stereocenters. The third-order valence-corrected chi connectivity index (χ3v) is 4.87. The zero-order chi connectivity index (χ0) is 15.6. The van der Waals surface area contributed by atoms with Gasteiger partial charge in [0.2, 0.25) is 0 Å². The normalized spacial score (nSPS) is 35.9. The number of ether oxygens (including phenoxy) is 2. The Morgan fingerprint density at radius 2 is 1.59 bits per heavy atom. The highest BCUT2D eigenvalue weighted by Gasteiger charge is 2.57. The molecule has 0 aromatic heterocycles. The monoisotopic (exact) mass is 301 g/mol. The molecule has 0 N–H and O–H groups in total. The highest BCUT2D eigenvalue weighted by atomic mass is 16.8. The second kappa shape index (κ2) is 4.40. The summed E-state index contributed by atoms with van der Waals surface area (Å²) in [6, 6.07) is 6.73. The van der Waals surface area contributed by atoms with Gasteiger partial charge in [0.05, 0.1) is 23.3 Å². The standard InChI is InChI=1S/C17H19NO4/c1-9-8-12(14-13(9)21-17(2,3)22-14)18-15(19)10-6-4-5-7-11(10)16(18)20/h4-7,9,12-14H,8H2,1-3H3. The molecule has 1 saturated heterocycles. The molecule has 5 heteroatoms. The van der Waals surface area contributed by atoms with Crippen LogP contribution in [0.4, 0.5) is 0 Å². The van der Waals surface area contributed by atoms with Gasteiger partial charge in [-0.05, 0) is 38.3 Å². The Kier molecular flexibility index (Phi) is 2.78. The molecule has 4 rings (SSSR count). The van der Waals surface area contributed by atoms with E-state index in [1.807, 2.05) is 13.8 Å². The largest absolute Gasteiger partial charge is 0.344 e. The predicted octanol–water partition coefficient (Wildman–Crippen LogP) is 2.21. The van der Waals surface area contributed by atoms with Gasteiger partial charge in [-0.2, -0.15) is 0 Å². The molecule has 22 heavy (non-hydrogen) atoms. The summed E-state index contributed by atoms with van der Waals surface area (Å²) in [4.78, 5) is 26.7. The van der Waals surface area contributed by atoms with E-state index in [0.717, 1.165) is 6.42 Å². The minimum absolute atomic E-state index is 0.0655. The van der Waals surface area contributed by atoms with Gasteiger partial charge in [0.1, 0.15) is 6.10 Å². The summed E-state index contributed by atoms with van der Waals surface area (Å²) in [6.07, 6.45) is 0.410. The van der Waals surface area contributed by atoms with Crippen molar-refractivity contribution < 1.29 is 19.1 Å². The minimum Gasteiger partial charge on any atom is -0.344 e. The van der Waals surface area contributed by atoms with Gasteiger partial charge in [0.15, 0.2) is 5.79 Å². The van der Waals surface area contributed by atoms with E-state index in [2.05, 4.69) is 6.92 Å². The van der Waals surface area contributed by atoms with Crippen LogP contribution in [0, 0.1) is 5.92 Å². The molecule has 116 valence electrons. The summed E-state index contributed by atoms with van der Waals surface area (Å²) in [6.45, 7) is 5.83. The number of imide groups is 1. The van der Waals surface area contributed by atoms with Crippen LogP contribution in [0.25, 0.3) is 0 Å². The molecule has 4 atom stereocenters. The molecule has 0 bridgehead atoms. The molecule has 1 aromatic rings. The van der Waals surface area contributed by atoms with E-state index >= 15 is 0 Å². The van der Waals surface area contributed by atoms with Crippen LogP contribution in [0.1, 0.15) is 47.9 Å². The molecule has 1 saturated carbocycles. The molecule has 2 fully saturated rings. The van der Waals surface area contributed by atoms with Crippen LogP contribution in [0.3, 0.4) is 0 Å². The lowest BCUT2D eigenvalue weighted by molar-refractivity contribution is -0.160. The van der Waals surface area contributed by atoms with Crippen molar-refractivity contribution in [2.75, 3.05) is 0 Å². The second-order valence-corrected chi connectivity index (χ2v) is 6.87. The van der Waals surface area contributed by atoms with Crippen molar-refractivity contribution in [1.29, 1.82) is 0 Å². The fourth-order valence-electron chi connectivity index (χ4n) is 3.97. The van der Waals surface area contributed by atoms with Crippen molar-refractivity contribution in [3.8, 4) is 0 Å². The molecule has 0 radical (unpaired) electrons. The summed E-state index contributed by atoms with van der Waals surface area (Å²) >= 11 is 0. The van der Waals surface area contributed by atoms with Crippen LogP contribution in [0.15, 0.2) is 24.3 Å². The van der Waals surface area contributed by atoms with E-state index < -0.39 is 5.79 Å². The maximum absolute atomic E-state index is 12.7. The van der Waals surface area contributed by atoms with Gasteiger partial charge in [-0.3, -0.25) is 14.5 Å². The number of amides is 2. The Balaban J connectivity index is 1.69. The molecule has 1 aromatic carbocycles. The van der Waals surface area contributed by atoms with Crippen LogP contribution >= 0.6 is 0 Å². The van der Waals surface area contributed by atoms with Crippen LogP contribution in [-0.4, -0.2) is 40.8 Å². The zero-order valence-electron chi connectivity index (χ0n) is 12.9. The summed E-state index contributed by atoms with van der Waals surface area (Å²) in [5.74, 6) is -0.847. The number of hydrogen-bond donors (Lipinski definition) is 0. The Bertz CT molecular complexity index is 633. The van der Waals surface area contributed by atoms with Crippen molar-refractivity contribution in [2.45, 2.75) is 51.2 Å². The Labute approximate surface area is 129 Å². The minimum atomic E-state index is -0.666. The van der Waals surface area contributed by atoms with Crippen LogP contribution in [0.2, 0.25) is 0 Å². The third kappa shape index (κ3) is 1.79. The van der Waals surface area contributed by atoms with E-state index in [0.29, 0.717) is 11.1 Å². The summed E-state index contributed by atoms with van der Waals surface area (Å²) in [5, 5.41) is 0. The zero-order valence-corrected chi connectivity index (χ0v) is 12.9. The van der Waals surface area contributed by atoms with Gasteiger partial charge in [0, 0.05) is 0 Å². The number of nitrogens with zero attached hydrogens (tertiary/aromatic N) is 1. The molecule has 0 spiro atoms. The first-order chi connectivity index (χ1) is 10.4. The van der Waals surface area contributed by atoms with Crippen LogP contribution < -0.4 is 0 Å². The maximum atomic E-state index is 12.7. The number of hydrogen-bond acceptors (Lipinski definition) is 4. The lowest BCUT2D eigenvalue weighted by Gasteiger charge is -2.28. The van der Waals surface area contributed by atoms with E-state index in [1.165, 1.54) is 4.90 Å². The van der Waals surface area contributed by atoms with Crippen LogP contribution in [-0.2, 0) is 9.47 Å².